The van der Waals surface area contributed by atoms with Crippen molar-refractivity contribution in [1.29, 1.82) is 0 Å². The van der Waals surface area contributed by atoms with E-state index in [1.165, 1.54) is 17.0 Å². The minimum Gasteiger partial charge on any atom is -0.345 e. The van der Waals surface area contributed by atoms with Crippen molar-refractivity contribution in [1.82, 2.24) is 19.6 Å². The Kier molecular flexibility index (Phi) is 5.86. The number of benzene rings is 1. The molecule has 1 aromatic carbocycles. The number of amides is 1. The van der Waals surface area contributed by atoms with Gasteiger partial charge in [-0.2, -0.15) is 0 Å². The van der Waals surface area contributed by atoms with Crippen molar-refractivity contribution in [2.24, 2.45) is 0 Å². The maximum Gasteiger partial charge on any atom is 0.253 e. The SMILES string of the molecule is Cc1cc(C)nc(CCNS(=O)(=O)c2cccc(C(=O)N(C)C)c2)n1. The highest BCUT2D eigenvalue weighted by Crippen LogP contribution is 2.12. The molecule has 8 heteroatoms. The first-order valence-corrected chi connectivity index (χ1v) is 9.30. The van der Waals surface area contributed by atoms with E-state index in [0.29, 0.717) is 17.8 Å². The van der Waals surface area contributed by atoms with E-state index in [4.69, 9.17) is 0 Å². The number of nitrogens with zero attached hydrogens (tertiary/aromatic N) is 3. The number of aryl methyl sites for hydroxylation is 2. The van der Waals surface area contributed by atoms with Gasteiger partial charge >= 0.3 is 0 Å². The molecule has 0 saturated heterocycles. The van der Waals surface area contributed by atoms with Crippen molar-refractivity contribution in [2.45, 2.75) is 25.2 Å². The Bertz CT molecular complexity index is 859. The van der Waals surface area contributed by atoms with Gasteiger partial charge in [-0.25, -0.2) is 23.1 Å². The molecule has 0 aliphatic heterocycles. The third-order valence-electron chi connectivity index (χ3n) is 3.47. The summed E-state index contributed by atoms with van der Waals surface area (Å²) < 4.78 is 27.4. The lowest BCUT2D eigenvalue weighted by molar-refractivity contribution is 0.0827. The van der Waals surface area contributed by atoms with Gasteiger partial charge in [-0.3, -0.25) is 4.79 Å². The van der Waals surface area contributed by atoms with Crippen molar-refractivity contribution in [3.8, 4) is 0 Å². The molecular weight excluding hydrogens is 340 g/mol. The van der Waals surface area contributed by atoms with Crippen LogP contribution in [0.4, 0.5) is 0 Å². The molecular formula is C17H22N4O3S. The molecule has 0 saturated carbocycles. The molecule has 0 aliphatic carbocycles. The normalized spacial score (nSPS) is 11.4. The van der Waals surface area contributed by atoms with E-state index in [1.54, 1.807) is 26.2 Å². The van der Waals surface area contributed by atoms with E-state index in [-0.39, 0.29) is 17.3 Å². The minimum absolute atomic E-state index is 0.0570. The van der Waals surface area contributed by atoms with Crippen LogP contribution in [0.25, 0.3) is 0 Å². The average Bonchev–Trinajstić information content (AvgIpc) is 2.53. The molecule has 0 fully saturated rings. The first-order valence-electron chi connectivity index (χ1n) is 7.81. The standard InChI is InChI=1S/C17H22N4O3S/c1-12-10-13(2)20-16(19-12)8-9-18-25(23,24)15-7-5-6-14(11-15)17(22)21(3)4/h5-7,10-11,18H,8-9H2,1-4H3. The summed E-state index contributed by atoms with van der Waals surface area (Å²) in [6.45, 7) is 3.92. The first kappa shape index (κ1) is 19.0. The van der Waals surface area contributed by atoms with Crippen molar-refractivity contribution in [3.05, 3.63) is 53.1 Å². The largest absolute Gasteiger partial charge is 0.345 e. The summed E-state index contributed by atoms with van der Waals surface area (Å²) in [6.07, 6.45) is 0.387. The number of carbonyl (C=O) groups is 1. The maximum atomic E-state index is 12.4. The van der Waals surface area contributed by atoms with Gasteiger partial charge in [0.1, 0.15) is 5.82 Å². The molecule has 1 N–H and O–H groups in total. The molecule has 25 heavy (non-hydrogen) atoms. The van der Waals surface area contributed by atoms with Gasteiger partial charge in [0.2, 0.25) is 10.0 Å². The molecule has 1 amide bonds. The maximum absolute atomic E-state index is 12.4. The number of aromatic nitrogens is 2. The van der Waals surface area contributed by atoms with Gasteiger partial charge in [-0.05, 0) is 38.1 Å². The Morgan fingerprint density at radius 3 is 2.36 bits per heavy atom. The lowest BCUT2D eigenvalue weighted by Crippen LogP contribution is -2.27. The van der Waals surface area contributed by atoms with Crippen LogP contribution in [-0.4, -0.2) is 49.8 Å². The molecule has 0 radical (unpaired) electrons. The van der Waals surface area contributed by atoms with E-state index < -0.39 is 10.0 Å². The second-order valence-electron chi connectivity index (χ2n) is 5.94. The van der Waals surface area contributed by atoms with Crippen LogP contribution in [0.2, 0.25) is 0 Å². The van der Waals surface area contributed by atoms with Crippen LogP contribution in [0.15, 0.2) is 35.2 Å². The molecule has 1 heterocycles. The number of hydrogen-bond donors (Lipinski definition) is 1. The molecule has 134 valence electrons. The Morgan fingerprint density at radius 1 is 1.12 bits per heavy atom. The molecule has 0 bridgehead atoms. The van der Waals surface area contributed by atoms with E-state index >= 15 is 0 Å². The lowest BCUT2D eigenvalue weighted by Gasteiger charge is -2.12. The van der Waals surface area contributed by atoms with Crippen LogP contribution < -0.4 is 4.72 Å². The third kappa shape index (κ3) is 5.07. The monoisotopic (exact) mass is 362 g/mol. The number of rotatable bonds is 6. The third-order valence-corrected chi connectivity index (χ3v) is 4.93. The van der Waals surface area contributed by atoms with Crippen LogP contribution in [0, 0.1) is 13.8 Å². The zero-order valence-corrected chi connectivity index (χ0v) is 15.6. The molecule has 0 unspecified atom stereocenters. The van der Waals surface area contributed by atoms with Crippen LogP contribution in [0.5, 0.6) is 0 Å². The summed E-state index contributed by atoms with van der Waals surface area (Å²) in [4.78, 5) is 22.0. The Hall–Kier alpha value is -2.32. The Balaban J connectivity index is 2.09. The van der Waals surface area contributed by atoms with Crippen molar-refractivity contribution < 1.29 is 13.2 Å². The summed E-state index contributed by atoms with van der Waals surface area (Å²) in [7, 11) is -0.475. The zero-order valence-electron chi connectivity index (χ0n) is 14.8. The lowest BCUT2D eigenvalue weighted by atomic mass is 10.2. The summed E-state index contributed by atoms with van der Waals surface area (Å²) in [5.74, 6) is 0.345. The van der Waals surface area contributed by atoms with Crippen LogP contribution in [-0.2, 0) is 16.4 Å². The van der Waals surface area contributed by atoms with Gasteiger partial charge in [0.25, 0.3) is 5.91 Å². The minimum atomic E-state index is -3.71. The summed E-state index contributed by atoms with van der Waals surface area (Å²) in [6, 6.07) is 7.84. The van der Waals surface area contributed by atoms with E-state index in [1.807, 2.05) is 19.9 Å². The van der Waals surface area contributed by atoms with Crippen molar-refractivity contribution in [2.75, 3.05) is 20.6 Å². The smallest absolute Gasteiger partial charge is 0.253 e. The fraction of sp³-hybridized carbons (Fsp3) is 0.353. The Morgan fingerprint density at radius 2 is 1.76 bits per heavy atom. The van der Waals surface area contributed by atoms with E-state index in [2.05, 4.69) is 14.7 Å². The zero-order chi connectivity index (χ0) is 18.6. The highest BCUT2D eigenvalue weighted by atomic mass is 32.2. The highest BCUT2D eigenvalue weighted by molar-refractivity contribution is 7.89. The number of sulfonamides is 1. The molecule has 1 aromatic heterocycles. The van der Waals surface area contributed by atoms with Gasteiger partial charge in [-0.15, -0.1) is 0 Å². The predicted octanol–water partition coefficient (Wildman–Crippen LogP) is 1.32. The molecule has 2 rings (SSSR count). The van der Waals surface area contributed by atoms with Gasteiger partial charge in [0.05, 0.1) is 4.90 Å². The second kappa shape index (κ2) is 7.71. The fourth-order valence-corrected chi connectivity index (χ4v) is 3.42. The molecule has 0 aliphatic rings. The fourth-order valence-electron chi connectivity index (χ4n) is 2.35. The number of carbonyl (C=O) groups excluding carboxylic acids is 1. The summed E-state index contributed by atoms with van der Waals surface area (Å²) in [5, 5.41) is 0. The highest BCUT2D eigenvalue weighted by Gasteiger charge is 2.17. The van der Waals surface area contributed by atoms with Crippen LogP contribution in [0.1, 0.15) is 27.6 Å². The molecule has 0 spiro atoms. The van der Waals surface area contributed by atoms with Gasteiger partial charge in [0, 0.05) is 44.0 Å². The summed E-state index contributed by atoms with van der Waals surface area (Å²) >= 11 is 0. The first-order chi connectivity index (χ1) is 11.7. The van der Waals surface area contributed by atoms with Crippen LogP contribution >= 0.6 is 0 Å². The molecule has 2 aromatic rings. The van der Waals surface area contributed by atoms with Crippen molar-refractivity contribution in [3.63, 3.8) is 0 Å². The second-order valence-corrected chi connectivity index (χ2v) is 7.71. The molecule has 7 nitrogen and oxygen atoms in total. The number of hydrogen-bond acceptors (Lipinski definition) is 5. The molecule has 0 atom stereocenters. The summed E-state index contributed by atoms with van der Waals surface area (Å²) in [5.41, 5.74) is 2.02. The topological polar surface area (TPSA) is 92.3 Å². The van der Waals surface area contributed by atoms with E-state index in [0.717, 1.165) is 11.4 Å². The van der Waals surface area contributed by atoms with Crippen LogP contribution in [0.3, 0.4) is 0 Å². The van der Waals surface area contributed by atoms with Gasteiger partial charge in [0.15, 0.2) is 0 Å². The predicted molar refractivity (Wildman–Crippen MR) is 94.9 cm³/mol. The van der Waals surface area contributed by atoms with E-state index in [9.17, 15) is 13.2 Å². The quantitative estimate of drug-likeness (QED) is 0.837. The number of nitrogens with one attached hydrogen (secondary N) is 1. The average molecular weight is 362 g/mol. The Labute approximate surface area is 148 Å². The van der Waals surface area contributed by atoms with Crippen molar-refractivity contribution >= 4 is 15.9 Å². The van der Waals surface area contributed by atoms with Gasteiger partial charge in [-0.1, -0.05) is 6.07 Å². The van der Waals surface area contributed by atoms with Gasteiger partial charge < -0.3 is 4.90 Å².